The van der Waals surface area contributed by atoms with Crippen LogP contribution in [0.2, 0.25) is 0 Å². The van der Waals surface area contributed by atoms with Gasteiger partial charge in [0.2, 0.25) is 0 Å². The Labute approximate surface area is 233 Å². The minimum Gasteiger partial charge on any atom is -0.573 e. The Bertz CT molecular complexity index is 1310. The van der Waals surface area contributed by atoms with Crippen molar-refractivity contribution in [2.45, 2.75) is 63.7 Å². The van der Waals surface area contributed by atoms with E-state index in [4.69, 9.17) is 0 Å². The average Bonchev–Trinajstić information content (AvgIpc) is 3.54. The number of pyridine rings is 2. The molecule has 0 atom stereocenters. The van der Waals surface area contributed by atoms with Gasteiger partial charge in [0.15, 0.2) is 0 Å². The molecule has 13 heteroatoms. The van der Waals surface area contributed by atoms with Crippen molar-refractivity contribution in [3.05, 3.63) is 71.3 Å². The summed E-state index contributed by atoms with van der Waals surface area (Å²) in [5, 5.41) is 13.7. The molecule has 39 heavy (non-hydrogen) atoms. The topological polar surface area (TPSA) is 79.8 Å². The number of hydrogen-bond donors (Lipinski definition) is 0. The number of alkyl halides is 6. The van der Waals surface area contributed by atoms with Crippen molar-refractivity contribution in [2.24, 2.45) is 0 Å². The Morgan fingerprint density at radius 1 is 0.590 bits per heavy atom. The van der Waals surface area contributed by atoms with Crippen LogP contribution in [0.15, 0.2) is 48.5 Å². The predicted molar refractivity (Wildman–Crippen MR) is 127 cm³/mol. The van der Waals surface area contributed by atoms with Crippen molar-refractivity contribution in [1.29, 1.82) is 0 Å². The third-order valence-electron chi connectivity index (χ3n) is 6.44. The van der Waals surface area contributed by atoms with E-state index in [1.807, 2.05) is 39.8 Å². The van der Waals surface area contributed by atoms with Gasteiger partial charge in [0.25, 0.3) is 0 Å². The van der Waals surface area contributed by atoms with Gasteiger partial charge in [-0.25, -0.2) is 0 Å². The van der Waals surface area contributed by atoms with Gasteiger partial charge in [0, 0.05) is 33.6 Å². The van der Waals surface area contributed by atoms with Gasteiger partial charge in [-0.3, -0.25) is 9.97 Å². The third kappa shape index (κ3) is 6.93. The Hall–Kier alpha value is -3.08. The molecule has 0 saturated heterocycles. The van der Waals surface area contributed by atoms with Crippen LogP contribution in [0.3, 0.4) is 0 Å². The number of halogens is 6. The fourth-order valence-electron chi connectivity index (χ4n) is 3.91. The maximum Gasteiger partial charge on any atom is 2.00 e. The molecule has 0 amide bonds. The zero-order valence-electron chi connectivity index (χ0n) is 21.7. The van der Waals surface area contributed by atoms with Crippen molar-refractivity contribution in [3.63, 3.8) is 0 Å². The first-order chi connectivity index (χ1) is 17.6. The van der Waals surface area contributed by atoms with E-state index in [2.05, 4.69) is 30.4 Å². The smallest absolute Gasteiger partial charge is 0.573 e. The van der Waals surface area contributed by atoms with Crippen LogP contribution >= 0.6 is 0 Å². The molecular formula is C26H24F6N6Zn. The predicted octanol–water partition coefficient (Wildman–Crippen LogP) is 6.59. The van der Waals surface area contributed by atoms with Crippen LogP contribution in [0, 0.1) is 0 Å². The molecule has 6 nitrogen and oxygen atoms in total. The monoisotopic (exact) mass is 598 g/mol. The molecular weight excluding hydrogens is 576 g/mol. The zero-order valence-corrected chi connectivity index (χ0v) is 24.7. The Morgan fingerprint density at radius 2 is 0.949 bits per heavy atom. The van der Waals surface area contributed by atoms with E-state index >= 15 is 0 Å². The molecule has 0 radical (unpaired) electrons. The van der Waals surface area contributed by atoms with E-state index < -0.39 is 34.6 Å². The van der Waals surface area contributed by atoms with Crippen molar-refractivity contribution in [2.75, 3.05) is 0 Å². The summed E-state index contributed by atoms with van der Waals surface area (Å²) in [5.41, 5.74) is -1.04. The average molecular weight is 600 g/mol. The quantitative estimate of drug-likeness (QED) is 0.176. The summed E-state index contributed by atoms with van der Waals surface area (Å²) in [5.74, 6) is 0. The molecule has 0 N–H and O–H groups in total. The SMILES string of the molecule is CC(C)(CCC(C)(C)c1cccc(-c2cc(C(F)(F)F)n[n-]2)n1)c1cccc(-c2cc(C(F)(F)F)n[n-]2)n1.[Zn+2]. The van der Waals surface area contributed by atoms with Crippen LogP contribution < -0.4 is 10.2 Å². The summed E-state index contributed by atoms with van der Waals surface area (Å²) in [4.78, 5) is 9.13. The van der Waals surface area contributed by atoms with Crippen molar-refractivity contribution in [1.82, 2.24) is 30.4 Å². The summed E-state index contributed by atoms with van der Waals surface area (Å²) < 4.78 is 77.6. The van der Waals surface area contributed by atoms with Gasteiger partial charge in [-0.2, -0.15) is 26.3 Å². The van der Waals surface area contributed by atoms with Crippen LogP contribution in [0.5, 0.6) is 0 Å². The first-order valence-electron chi connectivity index (χ1n) is 11.7. The minimum atomic E-state index is -4.59. The van der Waals surface area contributed by atoms with Crippen molar-refractivity contribution < 1.29 is 45.8 Å². The number of nitrogens with zero attached hydrogens (tertiary/aromatic N) is 6. The van der Waals surface area contributed by atoms with Crippen LogP contribution in [0.25, 0.3) is 22.8 Å². The standard InChI is InChI=1S/C26H24F6N6.Zn/c1-23(2,19-9-5-7-15(33-19)17-13-21(37-35-17)25(27,28)29)11-12-24(3,4)20-10-6-8-16(34-20)18-14-22(38-36-18)26(30,31)32;/h5-10,13-14H,11-12H2,1-4H3;/q-2;+2. The molecule has 202 valence electrons. The van der Waals surface area contributed by atoms with E-state index in [1.54, 1.807) is 24.3 Å². The van der Waals surface area contributed by atoms with E-state index in [0.29, 0.717) is 35.6 Å². The summed E-state index contributed by atoms with van der Waals surface area (Å²) >= 11 is 0. The van der Waals surface area contributed by atoms with Crippen molar-refractivity contribution in [3.8, 4) is 22.8 Å². The molecule has 0 spiro atoms. The molecule has 4 rings (SSSR count). The molecule has 0 unspecified atom stereocenters. The molecule has 0 saturated carbocycles. The molecule has 4 aromatic heterocycles. The van der Waals surface area contributed by atoms with Gasteiger partial charge in [-0.15, -0.1) is 0 Å². The number of hydrogen-bond acceptors (Lipinski definition) is 4. The van der Waals surface area contributed by atoms with E-state index in [1.165, 1.54) is 0 Å². The molecule has 4 heterocycles. The summed E-state index contributed by atoms with van der Waals surface area (Å²) in [6, 6.07) is 12.0. The Kier molecular flexibility index (Phi) is 8.46. The van der Waals surface area contributed by atoms with Gasteiger partial charge in [-0.1, -0.05) is 51.2 Å². The molecule has 4 aromatic rings. The summed E-state index contributed by atoms with van der Waals surface area (Å²) in [6.07, 6.45) is -7.90. The second kappa shape index (κ2) is 10.8. The molecule has 0 bridgehead atoms. The molecule has 0 aliphatic heterocycles. The summed E-state index contributed by atoms with van der Waals surface area (Å²) in [7, 11) is 0. The fraction of sp³-hybridized carbons (Fsp3) is 0.385. The van der Waals surface area contributed by atoms with Gasteiger partial charge in [0.1, 0.15) is 11.4 Å². The maximum atomic E-state index is 12.9. The van der Waals surface area contributed by atoms with Crippen LogP contribution in [0.1, 0.15) is 63.3 Å². The largest absolute Gasteiger partial charge is 2.00 e. The van der Waals surface area contributed by atoms with E-state index in [-0.39, 0.29) is 30.9 Å². The first kappa shape index (κ1) is 30.5. The van der Waals surface area contributed by atoms with E-state index in [0.717, 1.165) is 12.1 Å². The maximum absolute atomic E-state index is 12.9. The van der Waals surface area contributed by atoms with Crippen LogP contribution in [-0.4, -0.2) is 20.2 Å². The van der Waals surface area contributed by atoms with Gasteiger partial charge in [0.05, 0.1) is 0 Å². The molecule has 0 aliphatic carbocycles. The Morgan fingerprint density at radius 3 is 1.26 bits per heavy atom. The summed E-state index contributed by atoms with van der Waals surface area (Å²) in [6.45, 7) is 7.92. The molecule has 0 fully saturated rings. The normalized spacial score (nSPS) is 12.9. The van der Waals surface area contributed by atoms with Gasteiger partial charge in [-0.05, 0) is 49.2 Å². The minimum absolute atomic E-state index is 0. The first-order valence-corrected chi connectivity index (χ1v) is 11.7. The molecule has 0 aliphatic rings. The zero-order chi connectivity index (χ0) is 27.9. The molecule has 0 aromatic carbocycles. The second-order valence-corrected chi connectivity index (χ2v) is 10.3. The third-order valence-corrected chi connectivity index (χ3v) is 6.44. The van der Waals surface area contributed by atoms with Crippen molar-refractivity contribution >= 4 is 0 Å². The van der Waals surface area contributed by atoms with Crippen LogP contribution in [-0.2, 0) is 42.7 Å². The number of rotatable bonds is 7. The Balaban J connectivity index is 0.00000420. The van der Waals surface area contributed by atoms with E-state index in [9.17, 15) is 26.3 Å². The van der Waals surface area contributed by atoms with Gasteiger partial charge >= 0.3 is 31.8 Å². The van der Waals surface area contributed by atoms with Gasteiger partial charge < -0.3 is 20.4 Å². The van der Waals surface area contributed by atoms with Crippen LogP contribution in [0.4, 0.5) is 26.3 Å². The number of aromatic nitrogens is 6. The second-order valence-electron chi connectivity index (χ2n) is 10.3. The fourth-order valence-corrected chi connectivity index (χ4v) is 3.91.